The number of carbonyl (C=O) groups excluding carboxylic acids is 1. The van der Waals surface area contributed by atoms with E-state index in [0.29, 0.717) is 4.47 Å². The molecule has 2 rings (SSSR count). The van der Waals surface area contributed by atoms with Gasteiger partial charge in [0.15, 0.2) is 5.82 Å². The van der Waals surface area contributed by atoms with Gasteiger partial charge in [0.1, 0.15) is 0 Å². The summed E-state index contributed by atoms with van der Waals surface area (Å²) >= 11 is 8.86. The Morgan fingerprint density at radius 1 is 1.45 bits per heavy atom. The second-order valence-electron chi connectivity index (χ2n) is 4.47. The highest BCUT2D eigenvalue weighted by atomic mass is 79.9. The Morgan fingerprint density at radius 2 is 2.10 bits per heavy atom. The number of benzene rings is 1. The molecule has 0 aromatic heterocycles. The van der Waals surface area contributed by atoms with Crippen LogP contribution in [0.1, 0.15) is 6.42 Å². The minimum Gasteiger partial charge on any atom is -0.309 e. The number of hydrogen-bond donors (Lipinski definition) is 0. The van der Waals surface area contributed by atoms with E-state index in [1.54, 1.807) is 0 Å². The third-order valence-electron chi connectivity index (χ3n) is 2.95. The second-order valence-corrected chi connectivity index (χ2v) is 8.53. The molecule has 110 valence electrons. The largest absolute Gasteiger partial charge is 0.309 e. The van der Waals surface area contributed by atoms with Crippen LogP contribution in [0.5, 0.6) is 0 Å². The van der Waals surface area contributed by atoms with E-state index in [1.807, 2.05) is 0 Å². The van der Waals surface area contributed by atoms with E-state index >= 15 is 0 Å². The molecule has 4 nitrogen and oxygen atoms in total. The fraction of sp³-hybridized carbons (Fsp3) is 0.364. The van der Waals surface area contributed by atoms with E-state index in [9.17, 15) is 17.6 Å². The highest BCUT2D eigenvalue weighted by Gasteiger charge is 2.34. The Labute approximate surface area is 133 Å². The number of nitrogens with zero attached hydrogens (tertiary/aromatic N) is 1. The lowest BCUT2D eigenvalue weighted by Crippen LogP contribution is -2.26. The third kappa shape index (κ3) is 3.44. The summed E-state index contributed by atoms with van der Waals surface area (Å²) in [5.41, 5.74) is 0.0395. The van der Waals surface area contributed by atoms with Crippen molar-refractivity contribution in [3.05, 3.63) is 27.4 Å². The molecule has 1 aromatic rings. The minimum absolute atomic E-state index is 0.0130. The zero-order valence-corrected chi connectivity index (χ0v) is 13.9. The summed E-state index contributed by atoms with van der Waals surface area (Å²) in [7, 11) is 1.48. The SMILES string of the molecule is O=C1CC(CS(=O)(=O)Cl)CN1c1ccc(Br)c(Cl)c1F. The predicted molar refractivity (Wildman–Crippen MR) is 79.2 cm³/mol. The molecular weight excluding hydrogens is 396 g/mol. The van der Waals surface area contributed by atoms with Crippen LogP contribution in [0.15, 0.2) is 16.6 Å². The van der Waals surface area contributed by atoms with Gasteiger partial charge in [0, 0.05) is 34.0 Å². The van der Waals surface area contributed by atoms with Gasteiger partial charge in [0.25, 0.3) is 0 Å². The maximum atomic E-state index is 14.1. The van der Waals surface area contributed by atoms with Crippen molar-refractivity contribution in [2.24, 2.45) is 5.92 Å². The zero-order chi connectivity index (χ0) is 15.1. The number of hydrogen-bond acceptors (Lipinski definition) is 3. The first kappa shape index (κ1) is 16.0. The molecule has 0 bridgehead atoms. The van der Waals surface area contributed by atoms with Crippen molar-refractivity contribution in [2.75, 3.05) is 17.2 Å². The minimum atomic E-state index is -3.70. The Balaban J connectivity index is 2.27. The van der Waals surface area contributed by atoms with E-state index in [4.69, 9.17) is 22.3 Å². The normalized spacial score (nSPS) is 19.7. The number of carbonyl (C=O) groups is 1. The first-order valence-electron chi connectivity index (χ1n) is 5.55. The summed E-state index contributed by atoms with van der Waals surface area (Å²) in [6.07, 6.45) is 0.0130. The summed E-state index contributed by atoms with van der Waals surface area (Å²) in [5.74, 6) is -1.84. The standard InChI is InChI=1S/C11H9BrCl2FNO3S/c12-7-1-2-8(11(15)10(7)13)16-4-6(3-9(16)17)5-20(14,18)19/h1-2,6H,3-5H2. The van der Waals surface area contributed by atoms with Crippen LogP contribution < -0.4 is 4.90 Å². The summed E-state index contributed by atoms with van der Waals surface area (Å²) in [5, 5.41) is -0.122. The van der Waals surface area contributed by atoms with Crippen molar-refractivity contribution in [2.45, 2.75) is 6.42 Å². The molecule has 9 heteroatoms. The summed E-state index contributed by atoms with van der Waals surface area (Å²) in [6.45, 7) is 0.0969. The molecule has 1 fully saturated rings. The first-order valence-corrected chi connectivity index (χ1v) is 9.20. The lowest BCUT2D eigenvalue weighted by molar-refractivity contribution is -0.117. The van der Waals surface area contributed by atoms with Gasteiger partial charge in [0.2, 0.25) is 15.0 Å². The quantitative estimate of drug-likeness (QED) is 0.574. The maximum absolute atomic E-state index is 14.1. The molecular formula is C11H9BrCl2FNO3S. The van der Waals surface area contributed by atoms with E-state index in [2.05, 4.69) is 15.9 Å². The van der Waals surface area contributed by atoms with Crippen molar-refractivity contribution in [3.63, 3.8) is 0 Å². The zero-order valence-electron chi connectivity index (χ0n) is 9.95. The van der Waals surface area contributed by atoms with Gasteiger partial charge in [0.05, 0.1) is 16.5 Å². The first-order chi connectivity index (χ1) is 9.19. The third-order valence-corrected chi connectivity index (χ3v) is 5.45. The molecule has 20 heavy (non-hydrogen) atoms. The van der Waals surface area contributed by atoms with Crippen molar-refractivity contribution < 1.29 is 17.6 Å². The molecule has 1 aromatic carbocycles. The van der Waals surface area contributed by atoms with E-state index in [0.717, 1.165) is 0 Å². The lowest BCUT2D eigenvalue weighted by Gasteiger charge is -2.18. The van der Waals surface area contributed by atoms with Gasteiger partial charge in [-0.2, -0.15) is 0 Å². The highest BCUT2D eigenvalue weighted by molar-refractivity contribution is 9.10. The second kappa shape index (κ2) is 5.79. The van der Waals surface area contributed by atoms with Crippen molar-refractivity contribution in [1.29, 1.82) is 0 Å². The van der Waals surface area contributed by atoms with Crippen molar-refractivity contribution in [1.82, 2.24) is 0 Å². The van der Waals surface area contributed by atoms with Gasteiger partial charge in [-0.25, -0.2) is 12.8 Å². The number of rotatable bonds is 3. The Hall–Kier alpha value is -0.370. The molecule has 0 radical (unpaired) electrons. The fourth-order valence-corrected chi connectivity index (χ4v) is 3.92. The summed E-state index contributed by atoms with van der Waals surface area (Å²) in [4.78, 5) is 13.1. The van der Waals surface area contributed by atoms with Gasteiger partial charge in [-0.05, 0) is 28.1 Å². The average Bonchev–Trinajstić information content (AvgIpc) is 2.65. The monoisotopic (exact) mass is 403 g/mol. The Bertz CT molecular complexity index is 668. The highest BCUT2D eigenvalue weighted by Crippen LogP contribution is 2.35. The molecule has 1 unspecified atom stereocenters. The lowest BCUT2D eigenvalue weighted by atomic mass is 10.1. The van der Waals surface area contributed by atoms with Crippen LogP contribution in [0.4, 0.5) is 10.1 Å². The van der Waals surface area contributed by atoms with Gasteiger partial charge in [-0.1, -0.05) is 11.6 Å². The molecule has 1 atom stereocenters. The topological polar surface area (TPSA) is 54.5 Å². The van der Waals surface area contributed by atoms with Gasteiger partial charge in [-0.3, -0.25) is 4.79 Å². The van der Waals surface area contributed by atoms with Crippen LogP contribution in [0, 0.1) is 11.7 Å². The van der Waals surface area contributed by atoms with Crippen LogP contribution in [0.3, 0.4) is 0 Å². The number of halogens is 4. The maximum Gasteiger partial charge on any atom is 0.232 e. The number of anilines is 1. The van der Waals surface area contributed by atoms with Crippen LogP contribution >= 0.6 is 38.2 Å². The summed E-state index contributed by atoms with van der Waals surface area (Å²) in [6, 6.07) is 2.94. The van der Waals surface area contributed by atoms with Crippen LogP contribution in [0.2, 0.25) is 5.02 Å². The molecule has 0 spiro atoms. The van der Waals surface area contributed by atoms with Crippen LogP contribution in [-0.4, -0.2) is 26.6 Å². The number of amides is 1. The molecule has 1 saturated heterocycles. The average molecular weight is 405 g/mol. The summed E-state index contributed by atoms with van der Waals surface area (Å²) < 4.78 is 36.5. The van der Waals surface area contributed by atoms with Gasteiger partial charge < -0.3 is 4.90 Å². The molecule has 0 N–H and O–H groups in total. The molecule has 0 saturated carbocycles. The molecule has 1 aliphatic rings. The van der Waals surface area contributed by atoms with Gasteiger partial charge >= 0.3 is 0 Å². The van der Waals surface area contributed by atoms with Crippen molar-refractivity contribution in [3.8, 4) is 0 Å². The van der Waals surface area contributed by atoms with Gasteiger partial charge in [-0.15, -0.1) is 0 Å². The molecule has 1 heterocycles. The molecule has 1 aliphatic heterocycles. The Kier molecular flexibility index (Phi) is 4.63. The van der Waals surface area contributed by atoms with Crippen LogP contribution in [-0.2, 0) is 13.8 Å². The molecule has 1 amide bonds. The van der Waals surface area contributed by atoms with E-state index < -0.39 is 20.8 Å². The van der Waals surface area contributed by atoms with Crippen LogP contribution in [0.25, 0.3) is 0 Å². The molecule has 0 aliphatic carbocycles. The smallest absolute Gasteiger partial charge is 0.232 e. The Morgan fingerprint density at radius 3 is 2.70 bits per heavy atom. The van der Waals surface area contributed by atoms with E-state index in [-0.39, 0.29) is 35.3 Å². The predicted octanol–water partition coefficient (Wildman–Crippen LogP) is 3.16. The fourth-order valence-electron chi connectivity index (χ4n) is 2.13. The van der Waals surface area contributed by atoms with Crippen molar-refractivity contribution >= 4 is 58.9 Å². The van der Waals surface area contributed by atoms with E-state index in [1.165, 1.54) is 17.0 Å².